The Balaban J connectivity index is 4.33. The van der Waals surface area contributed by atoms with Gasteiger partial charge in [-0.2, -0.15) is 0 Å². The number of aliphatic hydroxyl groups excluding tert-OH is 1. The second-order valence-corrected chi connectivity index (χ2v) is 4.31. The summed E-state index contributed by atoms with van der Waals surface area (Å²) in [7, 11) is 1.95. The average Bonchev–Trinajstić information content (AvgIpc) is 1.86. The second kappa shape index (κ2) is 3.55. The van der Waals surface area contributed by atoms with Gasteiger partial charge in [0.2, 0.25) is 0 Å². The van der Waals surface area contributed by atoms with Gasteiger partial charge in [-0.05, 0) is 25.8 Å². The van der Waals surface area contributed by atoms with Crippen LogP contribution in [0.3, 0.4) is 0 Å². The molecule has 68 valence electrons. The Morgan fingerprint density at radius 1 is 1.18 bits per heavy atom. The van der Waals surface area contributed by atoms with Gasteiger partial charge < -0.3 is 10.4 Å². The van der Waals surface area contributed by atoms with Gasteiger partial charge in [0, 0.05) is 12.1 Å². The van der Waals surface area contributed by atoms with Crippen LogP contribution in [0, 0.1) is 5.41 Å². The fourth-order valence-corrected chi connectivity index (χ4v) is 1.10. The van der Waals surface area contributed by atoms with Crippen LogP contribution in [0.2, 0.25) is 0 Å². The molecule has 0 amide bonds. The predicted molar refractivity (Wildman–Crippen MR) is 48.6 cm³/mol. The molecule has 0 saturated heterocycles. The lowest BCUT2D eigenvalue weighted by Crippen LogP contribution is -2.51. The first-order valence-corrected chi connectivity index (χ1v) is 4.17. The molecular formula is C9H21NO. The van der Waals surface area contributed by atoms with Crippen LogP contribution in [0.5, 0.6) is 0 Å². The highest BCUT2D eigenvalue weighted by Crippen LogP contribution is 2.31. The molecule has 0 bridgehead atoms. The molecule has 0 aromatic rings. The summed E-state index contributed by atoms with van der Waals surface area (Å²) in [6.07, 6.45) is 0.799. The van der Waals surface area contributed by atoms with Crippen molar-refractivity contribution < 1.29 is 5.11 Å². The monoisotopic (exact) mass is 159 g/mol. The lowest BCUT2D eigenvalue weighted by atomic mass is 9.73. The largest absolute Gasteiger partial charge is 0.396 e. The standard InChI is InChI=1S/C9H21NO/c1-8(2,3)9(4,10-5)6-7-11/h10-11H,6-7H2,1-5H3. The summed E-state index contributed by atoms with van der Waals surface area (Å²) < 4.78 is 0. The molecule has 2 heteroatoms. The maximum absolute atomic E-state index is 8.86. The molecular weight excluding hydrogens is 138 g/mol. The summed E-state index contributed by atoms with van der Waals surface area (Å²) in [5.74, 6) is 0. The zero-order valence-corrected chi connectivity index (χ0v) is 8.36. The van der Waals surface area contributed by atoms with E-state index in [4.69, 9.17) is 5.11 Å². The van der Waals surface area contributed by atoms with E-state index in [0.717, 1.165) is 6.42 Å². The summed E-state index contributed by atoms with van der Waals surface area (Å²) in [5.41, 5.74) is 0.215. The lowest BCUT2D eigenvalue weighted by Gasteiger charge is -2.41. The lowest BCUT2D eigenvalue weighted by molar-refractivity contribution is 0.122. The normalized spacial score (nSPS) is 18.0. The van der Waals surface area contributed by atoms with Gasteiger partial charge in [0.1, 0.15) is 0 Å². The van der Waals surface area contributed by atoms with Crippen LogP contribution in [-0.4, -0.2) is 24.3 Å². The van der Waals surface area contributed by atoms with Crippen LogP contribution in [0.1, 0.15) is 34.1 Å². The molecule has 11 heavy (non-hydrogen) atoms. The molecule has 0 aromatic heterocycles. The zero-order valence-electron chi connectivity index (χ0n) is 8.36. The molecule has 1 atom stereocenters. The maximum atomic E-state index is 8.86. The number of rotatable bonds is 3. The van der Waals surface area contributed by atoms with Crippen molar-refractivity contribution in [2.45, 2.75) is 39.7 Å². The molecule has 0 aromatic carbocycles. The van der Waals surface area contributed by atoms with Crippen molar-refractivity contribution in [2.75, 3.05) is 13.7 Å². The molecule has 0 rings (SSSR count). The van der Waals surface area contributed by atoms with Crippen LogP contribution in [0.15, 0.2) is 0 Å². The summed E-state index contributed by atoms with van der Waals surface area (Å²) in [6.45, 7) is 8.93. The minimum Gasteiger partial charge on any atom is -0.396 e. The van der Waals surface area contributed by atoms with Gasteiger partial charge in [-0.15, -0.1) is 0 Å². The van der Waals surface area contributed by atoms with E-state index in [1.165, 1.54) is 0 Å². The van der Waals surface area contributed by atoms with Crippen molar-refractivity contribution >= 4 is 0 Å². The van der Waals surface area contributed by atoms with Crippen molar-refractivity contribution in [3.8, 4) is 0 Å². The molecule has 0 heterocycles. The fraction of sp³-hybridized carbons (Fsp3) is 1.00. The predicted octanol–water partition coefficient (Wildman–Crippen LogP) is 1.39. The van der Waals surface area contributed by atoms with Crippen LogP contribution in [0.25, 0.3) is 0 Å². The Bertz CT molecular complexity index is 117. The first-order valence-electron chi connectivity index (χ1n) is 4.17. The van der Waals surface area contributed by atoms with E-state index in [2.05, 4.69) is 33.0 Å². The topological polar surface area (TPSA) is 32.3 Å². The minimum atomic E-state index is 0.0295. The fourth-order valence-electron chi connectivity index (χ4n) is 1.10. The van der Waals surface area contributed by atoms with Crippen molar-refractivity contribution in [3.63, 3.8) is 0 Å². The Hall–Kier alpha value is -0.0800. The Kier molecular flexibility index (Phi) is 3.52. The van der Waals surface area contributed by atoms with Gasteiger partial charge in [-0.1, -0.05) is 20.8 Å². The van der Waals surface area contributed by atoms with Gasteiger partial charge in [-0.25, -0.2) is 0 Å². The molecule has 0 radical (unpaired) electrons. The molecule has 0 aliphatic carbocycles. The molecule has 0 spiro atoms. The van der Waals surface area contributed by atoms with Gasteiger partial charge in [-0.3, -0.25) is 0 Å². The molecule has 2 nitrogen and oxygen atoms in total. The van der Waals surface area contributed by atoms with Gasteiger partial charge in [0.25, 0.3) is 0 Å². The van der Waals surface area contributed by atoms with Gasteiger partial charge >= 0.3 is 0 Å². The quantitative estimate of drug-likeness (QED) is 0.652. The Morgan fingerprint density at radius 2 is 1.64 bits per heavy atom. The number of hydrogen-bond acceptors (Lipinski definition) is 2. The summed E-state index contributed by atoms with van der Waals surface area (Å²) >= 11 is 0. The Labute approximate surface area is 70.0 Å². The number of hydrogen-bond donors (Lipinski definition) is 2. The van der Waals surface area contributed by atoms with Crippen molar-refractivity contribution in [2.24, 2.45) is 5.41 Å². The number of nitrogens with one attached hydrogen (secondary N) is 1. The SMILES string of the molecule is CNC(C)(CCO)C(C)(C)C. The van der Waals surface area contributed by atoms with E-state index >= 15 is 0 Å². The van der Waals surface area contributed by atoms with Crippen molar-refractivity contribution in [3.05, 3.63) is 0 Å². The van der Waals surface area contributed by atoms with Gasteiger partial charge in [0.05, 0.1) is 0 Å². The third-order valence-electron chi connectivity index (χ3n) is 2.82. The van der Waals surface area contributed by atoms with Crippen LogP contribution < -0.4 is 5.32 Å². The minimum absolute atomic E-state index is 0.0295. The molecule has 1 unspecified atom stereocenters. The smallest absolute Gasteiger partial charge is 0.0448 e. The molecule has 2 N–H and O–H groups in total. The van der Waals surface area contributed by atoms with Crippen LogP contribution in [0.4, 0.5) is 0 Å². The van der Waals surface area contributed by atoms with E-state index in [1.807, 2.05) is 7.05 Å². The van der Waals surface area contributed by atoms with Crippen molar-refractivity contribution in [1.29, 1.82) is 0 Å². The Morgan fingerprint density at radius 3 is 1.73 bits per heavy atom. The van der Waals surface area contributed by atoms with Gasteiger partial charge in [0.15, 0.2) is 0 Å². The van der Waals surface area contributed by atoms with Crippen LogP contribution in [-0.2, 0) is 0 Å². The highest BCUT2D eigenvalue weighted by atomic mass is 16.3. The third-order valence-corrected chi connectivity index (χ3v) is 2.82. The van der Waals surface area contributed by atoms with E-state index in [-0.39, 0.29) is 17.6 Å². The molecule has 0 aliphatic rings. The van der Waals surface area contributed by atoms with Crippen molar-refractivity contribution in [1.82, 2.24) is 5.32 Å². The average molecular weight is 159 g/mol. The van der Waals surface area contributed by atoms with E-state index in [9.17, 15) is 0 Å². The summed E-state index contributed by atoms with van der Waals surface area (Å²) in [5, 5.41) is 12.1. The highest BCUT2D eigenvalue weighted by Gasteiger charge is 2.34. The molecule has 0 aliphatic heterocycles. The highest BCUT2D eigenvalue weighted by molar-refractivity contribution is 4.92. The first-order chi connectivity index (χ1) is 4.87. The van der Waals surface area contributed by atoms with E-state index in [0.29, 0.717) is 0 Å². The zero-order chi connectivity index (χ0) is 9.12. The molecule has 0 saturated carbocycles. The number of aliphatic hydroxyl groups is 1. The van der Waals surface area contributed by atoms with E-state index < -0.39 is 0 Å². The first kappa shape index (κ1) is 10.9. The van der Waals surface area contributed by atoms with Crippen LogP contribution >= 0.6 is 0 Å². The third kappa shape index (κ3) is 2.46. The summed E-state index contributed by atoms with van der Waals surface area (Å²) in [4.78, 5) is 0. The summed E-state index contributed by atoms with van der Waals surface area (Å²) in [6, 6.07) is 0. The maximum Gasteiger partial charge on any atom is 0.0448 e. The second-order valence-electron chi connectivity index (χ2n) is 4.31. The molecule has 0 fully saturated rings. The van der Waals surface area contributed by atoms with E-state index in [1.54, 1.807) is 0 Å².